The van der Waals surface area contributed by atoms with Gasteiger partial charge in [0.05, 0.1) is 5.41 Å². The zero-order chi connectivity index (χ0) is 12.9. The van der Waals surface area contributed by atoms with Crippen LogP contribution in [0, 0.1) is 5.41 Å². The summed E-state index contributed by atoms with van der Waals surface area (Å²) < 4.78 is 0. The number of hydrogen-bond donors (Lipinski definition) is 1. The molecule has 0 atom stereocenters. The van der Waals surface area contributed by atoms with E-state index in [2.05, 4.69) is 18.7 Å². The topological polar surface area (TPSA) is 40.5 Å². The van der Waals surface area contributed by atoms with Crippen molar-refractivity contribution in [2.75, 3.05) is 13.1 Å². The van der Waals surface area contributed by atoms with Crippen molar-refractivity contribution >= 4 is 5.97 Å². The zero-order valence-electron chi connectivity index (χ0n) is 11.5. The highest BCUT2D eigenvalue weighted by molar-refractivity contribution is 5.74. The molecular formula is C14H27NO2. The molecule has 1 aliphatic rings. The smallest absolute Gasteiger partial charge is 0.309 e. The second-order valence-corrected chi connectivity index (χ2v) is 5.63. The lowest BCUT2D eigenvalue weighted by Crippen LogP contribution is -2.43. The van der Waals surface area contributed by atoms with Gasteiger partial charge in [-0.25, -0.2) is 0 Å². The van der Waals surface area contributed by atoms with E-state index in [1.165, 1.54) is 12.8 Å². The summed E-state index contributed by atoms with van der Waals surface area (Å²) in [5.41, 5.74) is -0.472. The lowest BCUT2D eigenvalue weighted by molar-refractivity contribution is -0.150. The fraction of sp³-hybridized carbons (Fsp3) is 0.929. The molecule has 17 heavy (non-hydrogen) atoms. The van der Waals surface area contributed by atoms with E-state index in [-0.39, 0.29) is 0 Å². The van der Waals surface area contributed by atoms with Crippen LogP contribution < -0.4 is 0 Å². The monoisotopic (exact) mass is 241 g/mol. The minimum atomic E-state index is -0.617. The first kappa shape index (κ1) is 14.5. The van der Waals surface area contributed by atoms with E-state index in [1.807, 2.05) is 6.92 Å². The molecule has 1 rings (SSSR count). The third kappa shape index (κ3) is 3.70. The summed E-state index contributed by atoms with van der Waals surface area (Å²) in [7, 11) is 0. The van der Waals surface area contributed by atoms with Crippen molar-refractivity contribution in [3.8, 4) is 0 Å². The molecule has 0 aromatic rings. The summed E-state index contributed by atoms with van der Waals surface area (Å²) in [4.78, 5) is 13.7. The summed E-state index contributed by atoms with van der Waals surface area (Å²) in [6.07, 6.45) is 6.12. The normalized spacial score (nSPS) is 29.5. The molecule has 0 bridgehead atoms. The van der Waals surface area contributed by atoms with Gasteiger partial charge in [0.1, 0.15) is 0 Å². The molecular weight excluding hydrogens is 214 g/mol. The van der Waals surface area contributed by atoms with Gasteiger partial charge in [0.25, 0.3) is 0 Å². The van der Waals surface area contributed by atoms with E-state index in [0.29, 0.717) is 6.04 Å². The van der Waals surface area contributed by atoms with Crippen LogP contribution in [0.15, 0.2) is 0 Å². The fourth-order valence-electron chi connectivity index (χ4n) is 2.87. The second kappa shape index (κ2) is 6.39. The molecule has 0 spiro atoms. The predicted molar refractivity (Wildman–Crippen MR) is 70.2 cm³/mol. The molecule has 0 heterocycles. The second-order valence-electron chi connectivity index (χ2n) is 5.63. The van der Waals surface area contributed by atoms with Gasteiger partial charge in [0, 0.05) is 6.04 Å². The predicted octanol–water partition coefficient (Wildman–Crippen LogP) is 3.14. The Morgan fingerprint density at radius 2 is 1.71 bits per heavy atom. The van der Waals surface area contributed by atoms with Gasteiger partial charge in [-0.2, -0.15) is 0 Å². The highest BCUT2D eigenvalue weighted by Gasteiger charge is 2.38. The Morgan fingerprint density at radius 1 is 1.24 bits per heavy atom. The molecule has 0 aromatic carbocycles. The fourth-order valence-corrected chi connectivity index (χ4v) is 2.87. The van der Waals surface area contributed by atoms with Gasteiger partial charge in [0.15, 0.2) is 0 Å². The van der Waals surface area contributed by atoms with E-state index < -0.39 is 11.4 Å². The van der Waals surface area contributed by atoms with Crippen molar-refractivity contribution < 1.29 is 9.90 Å². The van der Waals surface area contributed by atoms with Gasteiger partial charge in [-0.05, 0) is 58.5 Å². The number of aliphatic carboxylic acids is 1. The molecule has 1 N–H and O–H groups in total. The standard InChI is InChI=1S/C14H27NO2/c1-4-10-15(11-5-2)12-6-8-14(3,9-7-12)13(16)17/h12H,4-11H2,1-3H3,(H,16,17). The molecule has 0 radical (unpaired) electrons. The first-order valence-electron chi connectivity index (χ1n) is 7.01. The Morgan fingerprint density at radius 3 is 2.06 bits per heavy atom. The SMILES string of the molecule is CCCN(CCC)C1CCC(C)(C(=O)O)CC1. The van der Waals surface area contributed by atoms with Crippen LogP contribution in [-0.2, 0) is 4.79 Å². The van der Waals surface area contributed by atoms with Crippen LogP contribution in [0.4, 0.5) is 0 Å². The minimum absolute atomic E-state index is 0.472. The highest BCUT2D eigenvalue weighted by Crippen LogP contribution is 2.37. The average molecular weight is 241 g/mol. The van der Waals surface area contributed by atoms with Gasteiger partial charge in [0.2, 0.25) is 0 Å². The molecule has 1 fully saturated rings. The summed E-state index contributed by atoms with van der Waals surface area (Å²) in [5, 5.41) is 9.22. The van der Waals surface area contributed by atoms with Crippen molar-refractivity contribution in [3.63, 3.8) is 0 Å². The van der Waals surface area contributed by atoms with E-state index in [4.69, 9.17) is 0 Å². The van der Waals surface area contributed by atoms with Crippen molar-refractivity contribution in [3.05, 3.63) is 0 Å². The van der Waals surface area contributed by atoms with Crippen LogP contribution in [-0.4, -0.2) is 35.1 Å². The summed E-state index contributed by atoms with van der Waals surface area (Å²) in [5.74, 6) is -0.617. The number of carboxylic acids is 1. The van der Waals surface area contributed by atoms with Crippen LogP contribution in [0.2, 0.25) is 0 Å². The quantitative estimate of drug-likeness (QED) is 0.776. The Kier molecular flexibility index (Phi) is 5.44. The highest BCUT2D eigenvalue weighted by atomic mass is 16.4. The average Bonchev–Trinajstić information content (AvgIpc) is 2.30. The molecule has 0 saturated heterocycles. The van der Waals surface area contributed by atoms with Crippen LogP contribution >= 0.6 is 0 Å². The Hall–Kier alpha value is -0.570. The van der Waals surface area contributed by atoms with Crippen molar-refractivity contribution in [1.29, 1.82) is 0 Å². The van der Waals surface area contributed by atoms with Crippen molar-refractivity contribution in [1.82, 2.24) is 4.90 Å². The molecule has 0 aromatic heterocycles. The maximum absolute atomic E-state index is 11.2. The van der Waals surface area contributed by atoms with Crippen molar-refractivity contribution in [2.24, 2.45) is 5.41 Å². The largest absolute Gasteiger partial charge is 0.481 e. The van der Waals surface area contributed by atoms with E-state index in [9.17, 15) is 9.90 Å². The first-order valence-corrected chi connectivity index (χ1v) is 7.01. The Bertz CT molecular complexity index is 239. The minimum Gasteiger partial charge on any atom is -0.481 e. The maximum atomic E-state index is 11.2. The Balaban J connectivity index is 2.51. The van der Waals surface area contributed by atoms with Gasteiger partial charge >= 0.3 is 5.97 Å². The molecule has 3 nitrogen and oxygen atoms in total. The van der Waals surface area contributed by atoms with E-state index in [1.54, 1.807) is 0 Å². The molecule has 0 amide bonds. The number of hydrogen-bond acceptors (Lipinski definition) is 2. The molecule has 1 saturated carbocycles. The third-order valence-electron chi connectivity index (χ3n) is 4.11. The lowest BCUT2D eigenvalue weighted by atomic mass is 9.73. The van der Waals surface area contributed by atoms with Gasteiger partial charge < -0.3 is 10.0 Å². The molecule has 1 aliphatic carbocycles. The van der Waals surface area contributed by atoms with Gasteiger partial charge in [-0.3, -0.25) is 4.79 Å². The van der Waals surface area contributed by atoms with Crippen LogP contribution in [0.3, 0.4) is 0 Å². The van der Waals surface area contributed by atoms with Crippen LogP contribution in [0.5, 0.6) is 0 Å². The zero-order valence-corrected chi connectivity index (χ0v) is 11.5. The number of rotatable bonds is 6. The Labute approximate surface area is 105 Å². The van der Waals surface area contributed by atoms with Gasteiger partial charge in [-0.1, -0.05) is 13.8 Å². The van der Waals surface area contributed by atoms with Crippen LogP contribution in [0.1, 0.15) is 59.3 Å². The van der Waals surface area contributed by atoms with E-state index in [0.717, 1.165) is 38.8 Å². The molecule has 0 unspecified atom stereocenters. The first-order chi connectivity index (χ1) is 8.03. The van der Waals surface area contributed by atoms with Crippen molar-refractivity contribution in [2.45, 2.75) is 65.3 Å². The van der Waals surface area contributed by atoms with E-state index >= 15 is 0 Å². The summed E-state index contributed by atoms with van der Waals surface area (Å²) >= 11 is 0. The number of carbonyl (C=O) groups is 1. The maximum Gasteiger partial charge on any atom is 0.309 e. The van der Waals surface area contributed by atoms with Crippen LogP contribution in [0.25, 0.3) is 0 Å². The summed E-state index contributed by atoms with van der Waals surface area (Å²) in [6.45, 7) is 8.64. The molecule has 100 valence electrons. The number of carboxylic acid groups (broad SMARTS) is 1. The lowest BCUT2D eigenvalue weighted by Gasteiger charge is -2.39. The summed E-state index contributed by atoms with van der Waals surface area (Å²) in [6, 6.07) is 0.613. The van der Waals surface area contributed by atoms with Gasteiger partial charge in [-0.15, -0.1) is 0 Å². The third-order valence-corrected chi connectivity index (χ3v) is 4.11. The number of nitrogens with zero attached hydrogens (tertiary/aromatic N) is 1. The molecule has 0 aliphatic heterocycles. The molecule has 3 heteroatoms.